The molecule has 27 heavy (non-hydrogen) atoms. The lowest BCUT2D eigenvalue weighted by Gasteiger charge is -2.37. The maximum atomic E-state index is 14.3. The Morgan fingerprint density at radius 2 is 1.81 bits per heavy atom. The van der Waals surface area contributed by atoms with Crippen molar-refractivity contribution in [3.63, 3.8) is 0 Å². The molecule has 1 saturated carbocycles. The van der Waals surface area contributed by atoms with E-state index in [2.05, 4.69) is 5.32 Å². The van der Waals surface area contributed by atoms with Crippen LogP contribution in [0, 0.1) is 23.5 Å². The first-order valence-corrected chi connectivity index (χ1v) is 8.96. The van der Waals surface area contributed by atoms with Crippen molar-refractivity contribution < 1.29 is 27.8 Å². The van der Waals surface area contributed by atoms with Gasteiger partial charge in [-0.25, -0.2) is 8.78 Å². The molecule has 2 aliphatic rings. The molecule has 1 aliphatic heterocycles. The second-order valence-electron chi connectivity index (χ2n) is 7.22. The molecule has 2 amide bonds. The summed E-state index contributed by atoms with van der Waals surface area (Å²) in [6.45, 7) is 2.33. The van der Waals surface area contributed by atoms with E-state index in [1.54, 1.807) is 12.0 Å². The summed E-state index contributed by atoms with van der Waals surface area (Å²) < 4.78 is 38.5. The summed E-state index contributed by atoms with van der Waals surface area (Å²) >= 11 is 0. The minimum absolute atomic E-state index is 0.0136. The van der Waals surface area contributed by atoms with Gasteiger partial charge in [-0.3, -0.25) is 9.59 Å². The molecule has 1 saturated heterocycles. The van der Waals surface area contributed by atoms with Crippen molar-refractivity contribution in [2.24, 2.45) is 11.8 Å². The van der Waals surface area contributed by atoms with Crippen molar-refractivity contribution in [2.45, 2.75) is 31.9 Å². The first-order valence-electron chi connectivity index (χ1n) is 8.96. The highest BCUT2D eigenvalue weighted by Gasteiger charge is 2.44. The van der Waals surface area contributed by atoms with Crippen LogP contribution in [0.4, 0.5) is 8.78 Å². The third kappa shape index (κ3) is 3.76. The molecule has 1 N–H and O–H groups in total. The third-order valence-corrected chi connectivity index (χ3v) is 5.59. The second-order valence-corrected chi connectivity index (χ2v) is 7.22. The summed E-state index contributed by atoms with van der Waals surface area (Å²) in [5.74, 6) is -2.62. The van der Waals surface area contributed by atoms with E-state index in [0.717, 1.165) is 6.07 Å². The van der Waals surface area contributed by atoms with Crippen LogP contribution in [0.25, 0.3) is 0 Å². The van der Waals surface area contributed by atoms with Crippen molar-refractivity contribution in [1.29, 1.82) is 0 Å². The van der Waals surface area contributed by atoms with E-state index >= 15 is 0 Å². The van der Waals surface area contributed by atoms with Gasteiger partial charge in [0.15, 0.2) is 11.6 Å². The highest BCUT2D eigenvalue weighted by molar-refractivity contribution is 5.97. The molecular weight excluding hydrogens is 358 g/mol. The number of hydrogen-bond acceptors (Lipinski definition) is 4. The number of carbonyl (C=O) groups is 2. The number of fused-ring (bicyclic) bond motifs is 1. The van der Waals surface area contributed by atoms with E-state index in [1.807, 2.05) is 0 Å². The molecule has 1 heterocycles. The summed E-state index contributed by atoms with van der Waals surface area (Å²) in [6, 6.07) is 2.07. The summed E-state index contributed by atoms with van der Waals surface area (Å²) in [7, 11) is 2.92. The molecule has 0 spiro atoms. The van der Waals surface area contributed by atoms with Crippen LogP contribution >= 0.6 is 0 Å². The lowest BCUT2D eigenvalue weighted by atomic mass is 9.77. The van der Waals surface area contributed by atoms with E-state index in [0.29, 0.717) is 25.9 Å². The number of hydrogen-bond donors (Lipinski definition) is 1. The average Bonchev–Trinajstić information content (AvgIpc) is 3.05. The normalized spacial score (nSPS) is 27.2. The molecule has 1 aromatic carbocycles. The SMILES string of the molecule is COc1ccc(F)c(F)c1C(=O)N1C[C@H]2C[C@@H](NC(C)=O)[C@H](OC)C[C@H]2C1. The van der Waals surface area contributed by atoms with Gasteiger partial charge < -0.3 is 19.7 Å². The van der Waals surface area contributed by atoms with Crippen LogP contribution in [0.15, 0.2) is 12.1 Å². The molecule has 0 unspecified atom stereocenters. The quantitative estimate of drug-likeness (QED) is 0.865. The zero-order chi connectivity index (χ0) is 19.7. The topological polar surface area (TPSA) is 67.9 Å². The van der Waals surface area contributed by atoms with Crippen LogP contribution < -0.4 is 10.1 Å². The van der Waals surface area contributed by atoms with Gasteiger partial charge in [0.25, 0.3) is 5.91 Å². The molecule has 0 radical (unpaired) electrons. The summed E-state index contributed by atoms with van der Waals surface area (Å²) in [5, 5.41) is 2.91. The van der Waals surface area contributed by atoms with E-state index < -0.39 is 17.5 Å². The first-order chi connectivity index (χ1) is 12.8. The zero-order valence-corrected chi connectivity index (χ0v) is 15.6. The van der Waals surface area contributed by atoms with Crippen LogP contribution in [0.2, 0.25) is 0 Å². The molecule has 3 rings (SSSR count). The molecule has 1 aliphatic carbocycles. The number of amides is 2. The monoisotopic (exact) mass is 382 g/mol. The largest absolute Gasteiger partial charge is 0.496 e. The fraction of sp³-hybridized carbons (Fsp3) is 0.579. The first kappa shape index (κ1) is 19.5. The Morgan fingerprint density at radius 3 is 2.41 bits per heavy atom. The maximum Gasteiger partial charge on any atom is 0.260 e. The number of methoxy groups -OCH3 is 2. The van der Waals surface area contributed by atoms with Gasteiger partial charge >= 0.3 is 0 Å². The van der Waals surface area contributed by atoms with Gasteiger partial charge in [-0.1, -0.05) is 0 Å². The van der Waals surface area contributed by atoms with E-state index in [-0.39, 0.29) is 41.2 Å². The van der Waals surface area contributed by atoms with Gasteiger partial charge in [0.2, 0.25) is 5.91 Å². The minimum atomic E-state index is -1.19. The lowest BCUT2D eigenvalue weighted by Crippen LogP contribution is -2.49. The van der Waals surface area contributed by atoms with Crippen molar-refractivity contribution in [3.05, 3.63) is 29.3 Å². The number of carbonyl (C=O) groups excluding carboxylic acids is 2. The fourth-order valence-electron chi connectivity index (χ4n) is 4.31. The smallest absolute Gasteiger partial charge is 0.260 e. The van der Waals surface area contributed by atoms with Crippen LogP contribution in [0.5, 0.6) is 5.75 Å². The number of halogens is 2. The summed E-state index contributed by atoms with van der Waals surface area (Å²) in [4.78, 5) is 25.9. The molecule has 8 heteroatoms. The van der Waals surface area contributed by atoms with Crippen molar-refractivity contribution in [3.8, 4) is 5.75 Å². The predicted octanol–water partition coefficient (Wildman–Crippen LogP) is 1.98. The van der Waals surface area contributed by atoms with Crippen molar-refractivity contribution in [2.75, 3.05) is 27.3 Å². The Morgan fingerprint density at radius 1 is 1.15 bits per heavy atom. The Balaban J connectivity index is 1.79. The summed E-state index contributed by atoms with van der Waals surface area (Å²) in [6.07, 6.45) is 1.24. The Bertz CT molecular complexity index is 743. The van der Waals surface area contributed by atoms with E-state index in [4.69, 9.17) is 9.47 Å². The summed E-state index contributed by atoms with van der Waals surface area (Å²) in [5.41, 5.74) is -0.377. The fourth-order valence-corrected chi connectivity index (χ4v) is 4.31. The Kier molecular flexibility index (Phi) is 5.64. The average molecular weight is 382 g/mol. The van der Waals surface area contributed by atoms with Crippen LogP contribution in [0.3, 0.4) is 0 Å². The number of nitrogens with one attached hydrogen (secondary N) is 1. The number of ether oxygens (including phenoxy) is 2. The molecule has 6 nitrogen and oxygen atoms in total. The molecule has 2 fully saturated rings. The second kappa shape index (κ2) is 7.80. The van der Waals surface area contributed by atoms with E-state index in [9.17, 15) is 18.4 Å². The van der Waals surface area contributed by atoms with Crippen LogP contribution in [0.1, 0.15) is 30.1 Å². The van der Waals surface area contributed by atoms with Gasteiger partial charge in [0.05, 0.1) is 19.3 Å². The Labute approximate surface area is 156 Å². The predicted molar refractivity (Wildman–Crippen MR) is 93.4 cm³/mol. The van der Waals surface area contributed by atoms with Crippen molar-refractivity contribution >= 4 is 11.8 Å². The third-order valence-electron chi connectivity index (χ3n) is 5.59. The van der Waals surface area contributed by atoms with Gasteiger partial charge in [0.1, 0.15) is 11.3 Å². The zero-order valence-electron chi connectivity index (χ0n) is 15.6. The molecule has 0 aromatic heterocycles. The number of likely N-dealkylation sites (tertiary alicyclic amines) is 1. The number of benzene rings is 1. The number of rotatable bonds is 4. The van der Waals surface area contributed by atoms with Crippen LogP contribution in [-0.2, 0) is 9.53 Å². The van der Waals surface area contributed by atoms with Gasteiger partial charge in [-0.05, 0) is 36.8 Å². The molecule has 1 aromatic rings. The molecule has 148 valence electrons. The Hall–Kier alpha value is -2.22. The lowest BCUT2D eigenvalue weighted by molar-refractivity contribution is -0.121. The highest BCUT2D eigenvalue weighted by atomic mass is 19.2. The molecule has 0 bridgehead atoms. The van der Waals surface area contributed by atoms with E-state index in [1.165, 1.54) is 20.1 Å². The van der Waals surface area contributed by atoms with Gasteiger partial charge in [0, 0.05) is 27.1 Å². The van der Waals surface area contributed by atoms with Crippen LogP contribution in [-0.4, -0.2) is 56.2 Å². The standard InChI is InChI=1S/C19H24F2N2O4/c1-10(24)22-14-6-11-8-23(9-12(11)7-16(14)27-3)19(25)17-15(26-2)5-4-13(20)18(17)21/h4-5,11-12,14,16H,6-9H2,1-3H3,(H,22,24)/t11-,12+,14-,16-/m1/s1. The van der Waals surface area contributed by atoms with Gasteiger partial charge in [-0.15, -0.1) is 0 Å². The maximum absolute atomic E-state index is 14.3. The van der Waals surface area contributed by atoms with Gasteiger partial charge in [-0.2, -0.15) is 0 Å². The molecular formula is C19H24F2N2O4. The number of nitrogens with zero attached hydrogens (tertiary/aromatic N) is 1. The molecule has 4 atom stereocenters. The minimum Gasteiger partial charge on any atom is -0.496 e. The van der Waals surface area contributed by atoms with Crippen molar-refractivity contribution in [1.82, 2.24) is 10.2 Å². The highest BCUT2D eigenvalue weighted by Crippen LogP contribution is 2.39.